The van der Waals surface area contributed by atoms with Crippen molar-refractivity contribution in [1.82, 2.24) is 0 Å². The van der Waals surface area contributed by atoms with Gasteiger partial charge < -0.3 is 100.0 Å². The summed E-state index contributed by atoms with van der Waals surface area (Å²) in [6, 6.07) is 0. The van der Waals surface area contributed by atoms with Crippen LogP contribution in [0.4, 0.5) is 0 Å². The summed E-state index contributed by atoms with van der Waals surface area (Å²) >= 11 is 0. The Balaban J connectivity index is 0. The van der Waals surface area contributed by atoms with Gasteiger partial charge in [-0.05, 0) is 0 Å². The molecular weight excluding hydrogens is 524 g/mol. The van der Waals surface area contributed by atoms with E-state index in [9.17, 15) is 0 Å². The maximum absolute atomic E-state index is 0. The maximum atomic E-state index is 0. The first-order valence-corrected chi connectivity index (χ1v) is 0. The molecule has 0 spiro atoms. The van der Waals surface area contributed by atoms with Crippen LogP contribution < -0.4 is 29.6 Å². The molecule has 0 aliphatic rings. The second-order valence-electron chi connectivity index (χ2n) is 0. The quantitative estimate of drug-likeness (QED) is 0.246. The number of rotatable bonds is 0. The molecule has 0 aromatic rings. The van der Waals surface area contributed by atoms with Gasteiger partial charge in [-0.15, -0.1) is 74.4 Å². The Morgan fingerprint density at radius 3 is 0.160 bits per heavy atom. The van der Waals surface area contributed by atoms with E-state index < -0.39 is 0 Å². The van der Waals surface area contributed by atoms with Gasteiger partial charge in [0.25, 0.3) is 0 Å². The summed E-state index contributed by atoms with van der Waals surface area (Å²) in [5, 5.41) is 0. The van der Waals surface area contributed by atoms with Crippen molar-refractivity contribution in [1.29, 1.82) is 0 Å². The molecule has 0 aromatic heterocycles. The monoisotopic (exact) mass is 564 g/mol. The van der Waals surface area contributed by atoms with Gasteiger partial charge >= 0.3 is 29.6 Å². The van der Waals surface area contributed by atoms with E-state index in [4.69, 9.17) is 0 Å². The van der Waals surface area contributed by atoms with Crippen molar-refractivity contribution in [3.63, 3.8) is 0 Å². The molecule has 0 fully saturated rings. The van der Waals surface area contributed by atoms with Gasteiger partial charge in [0, 0.05) is 0 Å². The van der Waals surface area contributed by atoms with Crippen LogP contribution in [0.25, 0.3) is 0 Å². The Hall–Kier alpha value is 2.02. The Morgan fingerprint density at radius 1 is 0.160 bits per heavy atom. The molecule has 25 heteroatoms. The third kappa shape index (κ3) is 3680. The van der Waals surface area contributed by atoms with Crippen molar-refractivity contribution in [3.8, 4) is 0 Å². The van der Waals surface area contributed by atoms with E-state index in [1.807, 2.05) is 0 Å². The molecule has 0 aliphatic carbocycles. The van der Waals surface area contributed by atoms with E-state index in [2.05, 4.69) is 0 Å². The Labute approximate surface area is 203 Å². The molecule has 0 saturated heterocycles. The molecule has 0 heterocycles. The van der Waals surface area contributed by atoms with Crippen LogP contribution in [-0.4, -0.2) is 98.6 Å². The standard InChI is InChI=1S/6ClH.Na.18H2O.H/h6*1H;;18*1H2;/q;;;;;;+1;;;;;;;;;;;;;;;;;;;-1. The first-order valence-electron chi connectivity index (χ1n) is 0. The molecule has 0 amide bonds. The minimum atomic E-state index is 0. The smallest absolute Gasteiger partial charge is 1.00 e. The van der Waals surface area contributed by atoms with Gasteiger partial charge in [-0.2, -0.15) is 0 Å². The number of hydrogen-bond donors (Lipinski definition) is 0. The Kier molecular flexibility index (Phi) is 716000. The molecule has 25 heavy (non-hydrogen) atoms. The van der Waals surface area contributed by atoms with Gasteiger partial charge in [0.05, 0.1) is 0 Å². The second kappa shape index (κ2) is 3990. The molecule has 0 atom stereocenters. The maximum Gasteiger partial charge on any atom is 1.00 e. The molecular formula is H43Cl6NaO18. The molecule has 18 nitrogen and oxygen atoms in total. The Morgan fingerprint density at radius 2 is 0.160 bits per heavy atom. The minimum Gasteiger partial charge on any atom is -1.00 e. The molecule has 194 valence electrons. The topological polar surface area (TPSA) is 567 Å². The van der Waals surface area contributed by atoms with Crippen LogP contribution in [0.5, 0.6) is 0 Å². The summed E-state index contributed by atoms with van der Waals surface area (Å²) in [4.78, 5) is 0. The van der Waals surface area contributed by atoms with Gasteiger partial charge in [-0.25, -0.2) is 0 Å². The zero-order valence-corrected chi connectivity index (χ0v) is 19.3. The predicted molar refractivity (Wildman–Crippen MR) is 110 cm³/mol. The second-order valence-corrected chi connectivity index (χ2v) is 0. The van der Waals surface area contributed by atoms with E-state index in [0.29, 0.717) is 0 Å². The van der Waals surface area contributed by atoms with Gasteiger partial charge in [0.15, 0.2) is 0 Å². The largest absolute Gasteiger partial charge is 1.00 e. The number of halogens is 6. The van der Waals surface area contributed by atoms with Crippen LogP contribution in [-0.2, 0) is 0 Å². The van der Waals surface area contributed by atoms with E-state index in [0.717, 1.165) is 0 Å². The molecule has 0 aliphatic heterocycles. The molecule has 0 radical (unpaired) electrons. The van der Waals surface area contributed by atoms with Crippen molar-refractivity contribution < 1.29 is 130 Å². The fourth-order valence-electron chi connectivity index (χ4n) is 0. The van der Waals surface area contributed by atoms with E-state index in [-0.39, 0.29) is 204 Å². The third-order valence-electron chi connectivity index (χ3n) is 0. The summed E-state index contributed by atoms with van der Waals surface area (Å²) < 4.78 is 0. The summed E-state index contributed by atoms with van der Waals surface area (Å²) in [6.07, 6.45) is 0. The first-order chi connectivity index (χ1) is 0. The third-order valence-corrected chi connectivity index (χ3v) is 0. The van der Waals surface area contributed by atoms with Gasteiger partial charge in [0.2, 0.25) is 0 Å². The van der Waals surface area contributed by atoms with Crippen molar-refractivity contribution in [2.45, 2.75) is 0 Å². The summed E-state index contributed by atoms with van der Waals surface area (Å²) in [5.74, 6) is 0. The molecule has 0 unspecified atom stereocenters. The molecule has 0 rings (SSSR count). The van der Waals surface area contributed by atoms with Crippen molar-refractivity contribution in [3.05, 3.63) is 0 Å². The van der Waals surface area contributed by atoms with Crippen LogP contribution >= 0.6 is 74.4 Å². The van der Waals surface area contributed by atoms with Crippen molar-refractivity contribution >= 4 is 74.4 Å². The predicted octanol–water partition coefficient (Wildman–Crippen LogP) is -15.2. The summed E-state index contributed by atoms with van der Waals surface area (Å²) in [5.41, 5.74) is 0. The van der Waals surface area contributed by atoms with Gasteiger partial charge in [-0.1, -0.05) is 0 Å². The average Bonchev–Trinajstić information content (AvgIpc) is 0. The van der Waals surface area contributed by atoms with Crippen LogP contribution in [0.1, 0.15) is 1.43 Å². The molecule has 0 saturated carbocycles. The Bertz CT molecular complexity index is 31.6. The zero-order valence-electron chi connectivity index (χ0n) is 13.4. The average molecular weight is 567 g/mol. The van der Waals surface area contributed by atoms with Crippen LogP contribution in [0.3, 0.4) is 0 Å². The van der Waals surface area contributed by atoms with Gasteiger partial charge in [0.1, 0.15) is 0 Å². The van der Waals surface area contributed by atoms with Crippen LogP contribution in [0.2, 0.25) is 0 Å². The van der Waals surface area contributed by atoms with E-state index >= 15 is 0 Å². The SMILES string of the molecule is Cl.Cl.Cl.Cl.Cl.Cl.O.O.O.O.O.O.O.O.O.O.O.O.O.O.O.O.O.O.[H-].[Na+]. The van der Waals surface area contributed by atoms with Gasteiger partial charge in [-0.3, -0.25) is 0 Å². The fraction of sp³-hybridized carbons (Fsp3) is 0. The van der Waals surface area contributed by atoms with E-state index in [1.165, 1.54) is 0 Å². The normalized spacial score (nSPS) is 0. The fourth-order valence-corrected chi connectivity index (χ4v) is 0. The van der Waals surface area contributed by atoms with E-state index in [1.54, 1.807) is 0 Å². The van der Waals surface area contributed by atoms with Crippen LogP contribution in [0.15, 0.2) is 0 Å². The molecule has 0 aromatic carbocycles. The molecule has 36 N–H and O–H groups in total. The van der Waals surface area contributed by atoms with Crippen molar-refractivity contribution in [2.24, 2.45) is 0 Å². The molecule has 0 bridgehead atoms. The minimum absolute atomic E-state index is 0. The summed E-state index contributed by atoms with van der Waals surface area (Å²) in [6.45, 7) is 0. The van der Waals surface area contributed by atoms with Crippen molar-refractivity contribution in [2.75, 3.05) is 0 Å². The number of hydrogen-bond acceptors (Lipinski definition) is 0. The zero-order chi connectivity index (χ0) is 0. The van der Waals surface area contributed by atoms with Crippen LogP contribution in [0, 0.1) is 0 Å². The summed E-state index contributed by atoms with van der Waals surface area (Å²) in [7, 11) is 0. The first kappa shape index (κ1) is 4480.